The van der Waals surface area contributed by atoms with Crippen molar-refractivity contribution in [2.45, 2.75) is 60.3 Å². The van der Waals surface area contributed by atoms with Crippen molar-refractivity contribution in [1.82, 2.24) is 14.5 Å². The molecule has 0 saturated carbocycles. The van der Waals surface area contributed by atoms with E-state index in [2.05, 4.69) is 29.0 Å². The lowest BCUT2D eigenvalue weighted by molar-refractivity contribution is 0.0696. The number of ether oxygens (including phenoxy) is 2. The van der Waals surface area contributed by atoms with Crippen molar-refractivity contribution in [2.24, 2.45) is 7.05 Å². The number of hydrogen-bond acceptors (Lipinski definition) is 7. The molecule has 0 aliphatic rings. The van der Waals surface area contributed by atoms with E-state index in [1.807, 2.05) is 77.3 Å². The SMILES string of the molecule is CCc1ccc(OCCc2nc(C)oc2C)cc1.Cc1nc(CCOc2ccc(Cc3cn(C)cc3C(=O)O)cc2)c(C)o1. The third-order valence-corrected chi connectivity index (χ3v) is 7.13. The second-order valence-corrected chi connectivity index (χ2v) is 10.7. The number of carboxylic acid groups (broad SMARTS) is 1. The minimum Gasteiger partial charge on any atom is -0.493 e. The first-order chi connectivity index (χ1) is 21.1. The minimum absolute atomic E-state index is 0.339. The van der Waals surface area contributed by atoms with E-state index in [0.717, 1.165) is 64.3 Å². The largest absolute Gasteiger partial charge is 0.493 e. The van der Waals surface area contributed by atoms with Gasteiger partial charge in [0.2, 0.25) is 0 Å². The van der Waals surface area contributed by atoms with Crippen LogP contribution in [0.2, 0.25) is 0 Å². The average Bonchev–Trinajstić information content (AvgIpc) is 3.64. The molecule has 5 rings (SSSR count). The lowest BCUT2D eigenvalue weighted by atomic mass is 10.0. The molecule has 0 amide bonds. The molecule has 0 unspecified atom stereocenters. The van der Waals surface area contributed by atoms with E-state index in [4.69, 9.17) is 18.3 Å². The number of aryl methyl sites for hydroxylation is 6. The summed E-state index contributed by atoms with van der Waals surface area (Å²) in [7, 11) is 1.82. The van der Waals surface area contributed by atoms with Crippen molar-refractivity contribution in [1.29, 1.82) is 0 Å². The Hall–Kier alpha value is -4.79. The Kier molecular flexibility index (Phi) is 11.0. The summed E-state index contributed by atoms with van der Waals surface area (Å²) in [6, 6.07) is 15.9. The molecule has 0 aliphatic carbocycles. The molecule has 0 atom stereocenters. The topological polar surface area (TPSA) is 113 Å². The molecule has 2 aromatic carbocycles. The van der Waals surface area contributed by atoms with E-state index in [0.29, 0.717) is 37.5 Å². The van der Waals surface area contributed by atoms with Crippen LogP contribution in [0, 0.1) is 27.7 Å². The molecule has 0 aliphatic heterocycles. The van der Waals surface area contributed by atoms with Crippen LogP contribution >= 0.6 is 0 Å². The van der Waals surface area contributed by atoms with Crippen molar-refractivity contribution < 1.29 is 28.2 Å². The number of hydrogen-bond donors (Lipinski definition) is 1. The molecule has 0 saturated heterocycles. The minimum atomic E-state index is -0.904. The van der Waals surface area contributed by atoms with Crippen LogP contribution in [0.25, 0.3) is 0 Å². The van der Waals surface area contributed by atoms with Crippen molar-refractivity contribution in [3.05, 3.63) is 118 Å². The monoisotopic (exact) mass is 599 g/mol. The highest BCUT2D eigenvalue weighted by Gasteiger charge is 2.13. The summed E-state index contributed by atoms with van der Waals surface area (Å²) in [5.41, 5.74) is 5.40. The first-order valence-electron chi connectivity index (χ1n) is 14.8. The number of nitrogens with zero attached hydrogens (tertiary/aromatic N) is 3. The van der Waals surface area contributed by atoms with Crippen molar-refractivity contribution in [3.8, 4) is 11.5 Å². The van der Waals surface area contributed by atoms with Crippen molar-refractivity contribution >= 4 is 5.97 Å². The van der Waals surface area contributed by atoms with E-state index in [1.54, 1.807) is 10.8 Å². The quantitative estimate of drug-likeness (QED) is 0.163. The van der Waals surface area contributed by atoms with Crippen LogP contribution in [0.1, 0.15) is 68.7 Å². The molecule has 9 nitrogen and oxygen atoms in total. The fourth-order valence-electron chi connectivity index (χ4n) is 4.86. The molecule has 9 heteroatoms. The number of oxazole rings is 2. The number of aromatic carboxylic acids is 1. The maximum absolute atomic E-state index is 11.3. The Morgan fingerprint density at radius 1 is 0.773 bits per heavy atom. The van der Waals surface area contributed by atoms with E-state index in [-0.39, 0.29) is 0 Å². The molecule has 3 aromatic heterocycles. The zero-order chi connectivity index (χ0) is 31.6. The van der Waals surface area contributed by atoms with Gasteiger partial charge in [0.1, 0.15) is 23.0 Å². The third-order valence-electron chi connectivity index (χ3n) is 7.13. The molecule has 0 fully saturated rings. The fourth-order valence-corrected chi connectivity index (χ4v) is 4.86. The van der Waals surface area contributed by atoms with Gasteiger partial charge in [-0.2, -0.15) is 0 Å². The van der Waals surface area contributed by atoms with Crippen molar-refractivity contribution in [3.63, 3.8) is 0 Å². The first kappa shape index (κ1) is 32.1. The highest BCUT2D eigenvalue weighted by Crippen LogP contribution is 2.19. The number of carbonyl (C=O) groups is 1. The van der Waals surface area contributed by atoms with Gasteiger partial charge in [-0.3, -0.25) is 0 Å². The number of aromatic nitrogens is 3. The normalized spacial score (nSPS) is 10.8. The van der Waals surface area contributed by atoms with Crippen LogP contribution in [-0.4, -0.2) is 38.8 Å². The smallest absolute Gasteiger partial charge is 0.337 e. The van der Waals surface area contributed by atoms with Gasteiger partial charge in [-0.15, -0.1) is 0 Å². The van der Waals surface area contributed by atoms with Crippen LogP contribution in [0.4, 0.5) is 0 Å². The fraction of sp³-hybridized carbons (Fsp3) is 0.343. The standard InChI is InChI=1S/C20H22N2O4.C15H19NO2/c1-13-19(21-14(2)26-13)8-9-25-17-6-4-15(5-7-17)10-16-11-22(3)12-18(16)20(23)24;1-4-13-5-7-14(8-6-13)17-10-9-15-11(2)18-12(3)16-15/h4-7,11-12H,8-10H2,1-3H3,(H,23,24);5-8H,4,9-10H2,1-3H3. The van der Waals surface area contributed by atoms with Crippen molar-refractivity contribution in [2.75, 3.05) is 13.2 Å². The van der Waals surface area contributed by atoms with Gasteiger partial charge in [0.25, 0.3) is 0 Å². The summed E-state index contributed by atoms with van der Waals surface area (Å²) < 4.78 is 24.0. The summed E-state index contributed by atoms with van der Waals surface area (Å²) >= 11 is 0. The summed E-state index contributed by atoms with van der Waals surface area (Å²) in [5.74, 6) is 3.89. The Morgan fingerprint density at radius 3 is 1.66 bits per heavy atom. The molecule has 5 aromatic rings. The molecular weight excluding hydrogens is 558 g/mol. The molecule has 232 valence electrons. The lowest BCUT2D eigenvalue weighted by Gasteiger charge is -2.07. The predicted octanol–water partition coefficient (Wildman–Crippen LogP) is 7.02. The molecule has 0 spiro atoms. The van der Waals surface area contributed by atoms with Gasteiger partial charge in [0, 0.05) is 46.1 Å². The predicted molar refractivity (Wildman–Crippen MR) is 168 cm³/mol. The lowest BCUT2D eigenvalue weighted by Crippen LogP contribution is -2.03. The van der Waals surface area contributed by atoms with Gasteiger partial charge in [-0.05, 0) is 67.6 Å². The van der Waals surface area contributed by atoms with Gasteiger partial charge >= 0.3 is 5.97 Å². The van der Waals surface area contributed by atoms with Crippen LogP contribution in [-0.2, 0) is 32.7 Å². The molecule has 1 N–H and O–H groups in total. The Morgan fingerprint density at radius 2 is 1.25 bits per heavy atom. The summed E-state index contributed by atoms with van der Waals surface area (Å²) in [6.45, 7) is 10.8. The summed E-state index contributed by atoms with van der Waals surface area (Å²) in [4.78, 5) is 19.9. The van der Waals surface area contributed by atoms with Crippen LogP contribution in [0.5, 0.6) is 11.5 Å². The van der Waals surface area contributed by atoms with Gasteiger partial charge in [0.15, 0.2) is 11.8 Å². The second-order valence-electron chi connectivity index (χ2n) is 10.7. The zero-order valence-electron chi connectivity index (χ0n) is 26.3. The maximum atomic E-state index is 11.3. The highest BCUT2D eigenvalue weighted by molar-refractivity contribution is 5.89. The average molecular weight is 600 g/mol. The number of rotatable bonds is 12. The van der Waals surface area contributed by atoms with E-state index in [9.17, 15) is 9.90 Å². The summed E-state index contributed by atoms with van der Waals surface area (Å²) in [5, 5.41) is 9.27. The van der Waals surface area contributed by atoms with E-state index < -0.39 is 5.97 Å². The Bertz CT molecular complexity index is 1640. The summed E-state index contributed by atoms with van der Waals surface area (Å²) in [6.07, 6.45) is 6.56. The molecule has 0 bridgehead atoms. The molecule has 3 heterocycles. The van der Waals surface area contributed by atoms with Crippen LogP contribution in [0.15, 0.2) is 69.8 Å². The highest BCUT2D eigenvalue weighted by atomic mass is 16.5. The molecular formula is C35H41N3O6. The van der Waals surface area contributed by atoms with E-state index >= 15 is 0 Å². The van der Waals surface area contributed by atoms with Gasteiger partial charge in [-0.1, -0.05) is 31.2 Å². The van der Waals surface area contributed by atoms with Crippen LogP contribution < -0.4 is 9.47 Å². The third kappa shape index (κ3) is 9.10. The number of carboxylic acids is 1. The van der Waals surface area contributed by atoms with Gasteiger partial charge in [0.05, 0.1) is 30.2 Å². The zero-order valence-corrected chi connectivity index (χ0v) is 26.3. The van der Waals surface area contributed by atoms with Gasteiger partial charge < -0.3 is 28.0 Å². The molecule has 44 heavy (non-hydrogen) atoms. The Labute approximate surface area is 258 Å². The van der Waals surface area contributed by atoms with Gasteiger partial charge in [-0.25, -0.2) is 14.8 Å². The maximum Gasteiger partial charge on any atom is 0.337 e. The Balaban J connectivity index is 0.000000215. The number of benzene rings is 2. The van der Waals surface area contributed by atoms with E-state index in [1.165, 1.54) is 5.56 Å². The van der Waals surface area contributed by atoms with Crippen LogP contribution in [0.3, 0.4) is 0 Å². The first-order valence-corrected chi connectivity index (χ1v) is 14.8. The second kappa shape index (κ2) is 15.1. The molecule has 0 radical (unpaired) electrons.